The summed E-state index contributed by atoms with van der Waals surface area (Å²) in [5, 5.41) is 10.6. The molecule has 0 bridgehead atoms. The van der Waals surface area contributed by atoms with Crippen LogP contribution >= 0.6 is 0 Å². The second-order valence-electron chi connectivity index (χ2n) is 5.97. The lowest BCUT2D eigenvalue weighted by Crippen LogP contribution is -2.27. The van der Waals surface area contributed by atoms with E-state index < -0.39 is 5.60 Å². The zero-order chi connectivity index (χ0) is 13.2. The quantitative estimate of drug-likeness (QED) is 0.857. The van der Waals surface area contributed by atoms with Gasteiger partial charge in [-0.2, -0.15) is 0 Å². The monoisotopic (exact) mass is 248 g/mol. The van der Waals surface area contributed by atoms with Gasteiger partial charge in [0.1, 0.15) is 5.75 Å². The van der Waals surface area contributed by atoms with Crippen LogP contribution in [0.2, 0.25) is 0 Å². The number of aliphatic hydroxyl groups is 1. The smallest absolute Gasteiger partial charge is 0.119 e. The van der Waals surface area contributed by atoms with Gasteiger partial charge in [-0.15, -0.1) is 0 Å². The van der Waals surface area contributed by atoms with E-state index in [1.165, 1.54) is 19.3 Å². The van der Waals surface area contributed by atoms with E-state index >= 15 is 0 Å². The third-order valence-corrected chi connectivity index (χ3v) is 3.76. The molecule has 1 unspecified atom stereocenters. The largest absolute Gasteiger partial charge is 0.491 e. The Balaban J connectivity index is 2.02. The highest BCUT2D eigenvalue weighted by Gasteiger charge is 2.30. The number of hydrogen-bond donors (Lipinski definition) is 1. The van der Waals surface area contributed by atoms with Gasteiger partial charge in [-0.3, -0.25) is 0 Å². The van der Waals surface area contributed by atoms with E-state index in [-0.39, 0.29) is 6.10 Å². The fourth-order valence-electron chi connectivity index (χ4n) is 2.54. The minimum Gasteiger partial charge on any atom is -0.491 e. The Morgan fingerprint density at radius 1 is 1.28 bits per heavy atom. The average Bonchev–Trinajstić information content (AvgIpc) is 2.24. The first kappa shape index (κ1) is 13.4. The van der Waals surface area contributed by atoms with Crippen LogP contribution in [0.25, 0.3) is 0 Å². The van der Waals surface area contributed by atoms with Gasteiger partial charge in [-0.1, -0.05) is 31.4 Å². The first-order valence-electron chi connectivity index (χ1n) is 6.97. The van der Waals surface area contributed by atoms with Crippen molar-refractivity contribution in [2.75, 3.05) is 0 Å². The molecule has 1 aromatic rings. The van der Waals surface area contributed by atoms with Gasteiger partial charge in [0.25, 0.3) is 0 Å². The van der Waals surface area contributed by atoms with E-state index in [0.717, 1.165) is 17.7 Å². The molecule has 0 radical (unpaired) electrons. The summed E-state index contributed by atoms with van der Waals surface area (Å²) >= 11 is 0. The van der Waals surface area contributed by atoms with E-state index in [1.54, 1.807) is 0 Å². The summed E-state index contributed by atoms with van der Waals surface area (Å²) in [6, 6.07) is 7.86. The Morgan fingerprint density at radius 2 is 1.89 bits per heavy atom. The second-order valence-corrected chi connectivity index (χ2v) is 5.97. The van der Waals surface area contributed by atoms with Crippen LogP contribution in [0.15, 0.2) is 24.3 Å². The highest BCUT2D eigenvalue weighted by molar-refractivity contribution is 5.30. The molecule has 0 saturated heterocycles. The molecule has 2 nitrogen and oxygen atoms in total. The molecule has 0 aliphatic heterocycles. The molecule has 100 valence electrons. The Hall–Kier alpha value is -1.02. The molecular formula is C16H24O2. The lowest BCUT2D eigenvalue weighted by molar-refractivity contribution is 0.0161. The minimum atomic E-state index is -0.707. The summed E-state index contributed by atoms with van der Waals surface area (Å²) in [5.41, 5.74) is 0.284. The normalized spacial score (nSPS) is 19.4. The molecule has 1 fully saturated rings. The molecule has 1 aromatic carbocycles. The molecule has 1 atom stereocenters. The van der Waals surface area contributed by atoms with Gasteiger partial charge in [-0.25, -0.2) is 0 Å². The van der Waals surface area contributed by atoms with Crippen LogP contribution in [0.5, 0.6) is 5.75 Å². The van der Waals surface area contributed by atoms with Gasteiger partial charge in [0.15, 0.2) is 0 Å². The highest BCUT2D eigenvalue weighted by Crippen LogP contribution is 2.38. The summed E-state index contributed by atoms with van der Waals surface area (Å²) in [6.45, 7) is 5.95. The predicted octanol–water partition coefficient (Wildman–Crippen LogP) is 3.87. The van der Waals surface area contributed by atoms with Crippen molar-refractivity contribution in [3.63, 3.8) is 0 Å². The van der Waals surface area contributed by atoms with Crippen molar-refractivity contribution in [1.29, 1.82) is 0 Å². The minimum absolute atomic E-state index is 0.186. The molecule has 1 aliphatic rings. The first-order valence-corrected chi connectivity index (χ1v) is 6.97. The number of ether oxygens (including phenoxy) is 1. The number of rotatable bonds is 5. The van der Waals surface area contributed by atoms with Gasteiger partial charge in [0, 0.05) is 0 Å². The molecule has 0 heterocycles. The fraction of sp³-hybridized carbons (Fsp3) is 0.625. The van der Waals surface area contributed by atoms with Gasteiger partial charge < -0.3 is 9.84 Å². The standard InChI is InChI=1S/C16H24O2/c1-12(2)18-15-9-7-14(8-10-15)16(3,17)11-13-5-4-6-13/h7-10,12-13,17H,4-6,11H2,1-3H3. The average molecular weight is 248 g/mol. The highest BCUT2D eigenvalue weighted by atomic mass is 16.5. The number of hydrogen-bond acceptors (Lipinski definition) is 2. The van der Waals surface area contributed by atoms with Gasteiger partial charge in [0.05, 0.1) is 11.7 Å². The third kappa shape index (κ3) is 3.26. The van der Waals surface area contributed by atoms with Crippen molar-refractivity contribution in [2.24, 2.45) is 5.92 Å². The van der Waals surface area contributed by atoms with Crippen molar-refractivity contribution < 1.29 is 9.84 Å². The maximum Gasteiger partial charge on any atom is 0.119 e. The first-order chi connectivity index (χ1) is 8.47. The summed E-state index contributed by atoms with van der Waals surface area (Å²) in [6.07, 6.45) is 4.92. The van der Waals surface area contributed by atoms with Gasteiger partial charge >= 0.3 is 0 Å². The van der Waals surface area contributed by atoms with E-state index in [2.05, 4.69) is 0 Å². The Morgan fingerprint density at radius 3 is 2.33 bits per heavy atom. The Kier molecular flexibility index (Phi) is 3.96. The molecule has 0 spiro atoms. The van der Waals surface area contributed by atoms with Crippen molar-refractivity contribution in [2.45, 2.75) is 58.2 Å². The van der Waals surface area contributed by atoms with Crippen LogP contribution in [0.4, 0.5) is 0 Å². The number of benzene rings is 1. The molecule has 0 aromatic heterocycles. The third-order valence-electron chi connectivity index (χ3n) is 3.76. The summed E-state index contributed by atoms with van der Waals surface area (Å²) in [7, 11) is 0. The van der Waals surface area contributed by atoms with Crippen molar-refractivity contribution in [3.8, 4) is 5.75 Å². The van der Waals surface area contributed by atoms with Crippen LogP contribution in [0.1, 0.15) is 52.0 Å². The molecule has 18 heavy (non-hydrogen) atoms. The van der Waals surface area contributed by atoms with Crippen molar-refractivity contribution in [3.05, 3.63) is 29.8 Å². The van der Waals surface area contributed by atoms with Crippen LogP contribution < -0.4 is 4.74 Å². The molecule has 1 N–H and O–H groups in total. The SMILES string of the molecule is CC(C)Oc1ccc(C(C)(O)CC2CCC2)cc1. The molecule has 1 aliphatic carbocycles. The lowest BCUT2D eigenvalue weighted by Gasteiger charge is -2.33. The topological polar surface area (TPSA) is 29.5 Å². The van der Waals surface area contributed by atoms with Gasteiger partial charge in [-0.05, 0) is 50.8 Å². The second kappa shape index (κ2) is 5.31. The van der Waals surface area contributed by atoms with Crippen LogP contribution in [0, 0.1) is 5.92 Å². The van der Waals surface area contributed by atoms with Crippen molar-refractivity contribution in [1.82, 2.24) is 0 Å². The summed E-state index contributed by atoms with van der Waals surface area (Å²) in [4.78, 5) is 0. The Bertz CT molecular complexity index is 375. The zero-order valence-corrected chi connectivity index (χ0v) is 11.6. The van der Waals surface area contributed by atoms with Crippen LogP contribution in [-0.4, -0.2) is 11.2 Å². The summed E-state index contributed by atoms with van der Waals surface area (Å²) in [5.74, 6) is 1.57. The van der Waals surface area contributed by atoms with Crippen molar-refractivity contribution >= 4 is 0 Å². The maximum absolute atomic E-state index is 10.6. The molecular weight excluding hydrogens is 224 g/mol. The lowest BCUT2D eigenvalue weighted by atomic mass is 9.76. The summed E-state index contributed by atoms with van der Waals surface area (Å²) < 4.78 is 5.61. The zero-order valence-electron chi connectivity index (χ0n) is 11.6. The molecule has 2 heteroatoms. The van der Waals surface area contributed by atoms with E-state index in [0.29, 0.717) is 5.92 Å². The van der Waals surface area contributed by atoms with E-state index in [1.807, 2.05) is 45.0 Å². The maximum atomic E-state index is 10.6. The van der Waals surface area contributed by atoms with E-state index in [4.69, 9.17) is 4.74 Å². The molecule has 1 saturated carbocycles. The van der Waals surface area contributed by atoms with Gasteiger partial charge in [0.2, 0.25) is 0 Å². The van der Waals surface area contributed by atoms with Crippen LogP contribution in [0.3, 0.4) is 0 Å². The fourth-order valence-corrected chi connectivity index (χ4v) is 2.54. The predicted molar refractivity (Wildman–Crippen MR) is 73.7 cm³/mol. The Labute approximate surface area is 110 Å². The molecule has 2 rings (SSSR count). The van der Waals surface area contributed by atoms with E-state index in [9.17, 15) is 5.11 Å². The van der Waals surface area contributed by atoms with Crippen LogP contribution in [-0.2, 0) is 5.60 Å². The molecule has 0 amide bonds.